The van der Waals surface area contributed by atoms with E-state index in [-0.39, 0.29) is 23.5 Å². The van der Waals surface area contributed by atoms with Crippen LogP contribution in [0.1, 0.15) is 34.8 Å². The van der Waals surface area contributed by atoms with Gasteiger partial charge in [-0.05, 0) is 43.5 Å². The number of hydrogen-bond donors (Lipinski definition) is 2. The van der Waals surface area contributed by atoms with Crippen LogP contribution in [0.15, 0.2) is 17.0 Å². The number of aromatic carboxylic acids is 1. The highest BCUT2D eigenvalue weighted by Crippen LogP contribution is 2.32. The van der Waals surface area contributed by atoms with E-state index in [0.717, 1.165) is 0 Å². The van der Waals surface area contributed by atoms with Crippen LogP contribution in [0.25, 0.3) is 0 Å². The lowest BCUT2D eigenvalue weighted by Crippen LogP contribution is -2.62. The molecule has 7 heteroatoms. The molecule has 0 unspecified atom stereocenters. The summed E-state index contributed by atoms with van der Waals surface area (Å²) >= 11 is 0. The molecule has 0 aliphatic carbocycles. The Morgan fingerprint density at radius 2 is 1.90 bits per heavy atom. The quantitative estimate of drug-likeness (QED) is 0.869. The highest BCUT2D eigenvalue weighted by molar-refractivity contribution is 7.89. The summed E-state index contributed by atoms with van der Waals surface area (Å²) in [5.41, 5.74) is 0.120. The summed E-state index contributed by atoms with van der Waals surface area (Å²) in [4.78, 5) is 11.1. The molecule has 0 amide bonds. The van der Waals surface area contributed by atoms with Gasteiger partial charge >= 0.3 is 5.97 Å². The van der Waals surface area contributed by atoms with Crippen LogP contribution < -0.4 is 0 Å². The number of carboxylic acid groups (broad SMARTS) is 1. The summed E-state index contributed by atoms with van der Waals surface area (Å²) in [5, 5.41) is 19.0. The molecular formula is C14H19NO5S. The van der Waals surface area contributed by atoms with E-state index in [1.165, 1.54) is 16.4 Å². The zero-order chi connectivity index (χ0) is 16.0. The maximum atomic E-state index is 12.6. The van der Waals surface area contributed by atoms with E-state index in [0.29, 0.717) is 17.5 Å². The first-order valence-corrected chi connectivity index (χ1v) is 8.12. The highest BCUT2D eigenvalue weighted by Gasteiger charge is 2.46. The molecule has 0 bridgehead atoms. The Bertz CT molecular complexity index is 690. The Morgan fingerprint density at radius 1 is 1.33 bits per heavy atom. The first-order valence-electron chi connectivity index (χ1n) is 6.68. The molecule has 116 valence electrons. The van der Waals surface area contributed by atoms with Crippen molar-refractivity contribution in [2.75, 3.05) is 13.1 Å². The summed E-state index contributed by atoms with van der Waals surface area (Å²) in [5.74, 6) is -1.16. The standard InChI is InChI=1S/C14H19NO5S/c1-4-14(18)7-15(8-14)21(19,20)12-6-11(13(16)17)5-9(2)10(12)3/h5-6,18H,4,7-8H2,1-3H3,(H,16,17). The average molecular weight is 313 g/mol. The van der Waals surface area contributed by atoms with Crippen LogP contribution in [0.4, 0.5) is 0 Å². The summed E-state index contributed by atoms with van der Waals surface area (Å²) in [6.45, 7) is 5.21. The minimum Gasteiger partial charge on any atom is -0.478 e. The van der Waals surface area contributed by atoms with Crippen LogP contribution in [0.2, 0.25) is 0 Å². The number of carbonyl (C=O) groups is 1. The SMILES string of the molecule is CCC1(O)CN(S(=O)(=O)c2cc(C(=O)O)cc(C)c2C)C1. The molecule has 21 heavy (non-hydrogen) atoms. The van der Waals surface area contributed by atoms with Crippen molar-refractivity contribution in [3.8, 4) is 0 Å². The minimum absolute atomic E-state index is 0.00180. The lowest BCUT2D eigenvalue weighted by Gasteiger charge is -2.45. The van der Waals surface area contributed by atoms with E-state index in [4.69, 9.17) is 5.11 Å². The minimum atomic E-state index is -3.78. The van der Waals surface area contributed by atoms with Gasteiger partial charge in [0.2, 0.25) is 10.0 Å². The van der Waals surface area contributed by atoms with Gasteiger partial charge < -0.3 is 10.2 Å². The molecule has 1 aliphatic heterocycles. The van der Waals surface area contributed by atoms with Gasteiger partial charge in [-0.2, -0.15) is 4.31 Å². The molecule has 0 radical (unpaired) electrons. The number of β-amino-alcohol motifs (C(OH)–C–C–N with tert-alkyl or cyclic N) is 1. The Kier molecular flexibility index (Phi) is 3.86. The predicted octanol–water partition coefficient (Wildman–Crippen LogP) is 1.15. The molecule has 2 rings (SSSR count). The third kappa shape index (κ3) is 2.68. The number of sulfonamides is 1. The smallest absolute Gasteiger partial charge is 0.335 e. The molecule has 1 saturated heterocycles. The van der Waals surface area contributed by atoms with Crippen LogP contribution in [-0.4, -0.2) is 47.6 Å². The fourth-order valence-electron chi connectivity index (χ4n) is 2.36. The Morgan fingerprint density at radius 3 is 2.38 bits per heavy atom. The van der Waals surface area contributed by atoms with Crippen molar-refractivity contribution in [2.45, 2.75) is 37.7 Å². The van der Waals surface area contributed by atoms with Gasteiger partial charge in [-0.25, -0.2) is 13.2 Å². The van der Waals surface area contributed by atoms with E-state index in [1.54, 1.807) is 20.8 Å². The van der Waals surface area contributed by atoms with Crippen molar-refractivity contribution in [1.29, 1.82) is 0 Å². The van der Waals surface area contributed by atoms with Crippen LogP contribution >= 0.6 is 0 Å². The number of hydrogen-bond acceptors (Lipinski definition) is 4. The van der Waals surface area contributed by atoms with E-state index in [2.05, 4.69) is 0 Å². The second kappa shape index (κ2) is 5.08. The monoisotopic (exact) mass is 313 g/mol. The zero-order valence-corrected chi connectivity index (χ0v) is 13.1. The van der Waals surface area contributed by atoms with E-state index >= 15 is 0 Å². The van der Waals surface area contributed by atoms with Gasteiger partial charge in [-0.3, -0.25) is 0 Å². The normalized spacial score (nSPS) is 18.3. The van der Waals surface area contributed by atoms with Gasteiger partial charge in [-0.1, -0.05) is 6.92 Å². The van der Waals surface area contributed by atoms with Gasteiger partial charge in [0, 0.05) is 13.1 Å². The number of benzene rings is 1. The second-order valence-corrected chi connectivity index (χ2v) is 7.48. The third-order valence-electron chi connectivity index (χ3n) is 4.08. The number of aryl methyl sites for hydroxylation is 1. The summed E-state index contributed by atoms with van der Waals surface area (Å²) < 4.78 is 26.4. The second-order valence-electron chi connectivity index (χ2n) is 5.57. The van der Waals surface area contributed by atoms with Crippen LogP contribution in [-0.2, 0) is 10.0 Å². The van der Waals surface area contributed by atoms with Crippen LogP contribution in [0.5, 0.6) is 0 Å². The molecule has 2 N–H and O–H groups in total. The number of nitrogens with zero attached hydrogens (tertiary/aromatic N) is 1. The Hall–Kier alpha value is -1.44. The molecule has 6 nitrogen and oxygen atoms in total. The Labute approximate surface area is 124 Å². The summed E-state index contributed by atoms with van der Waals surface area (Å²) in [6.07, 6.45) is 0.478. The zero-order valence-electron chi connectivity index (χ0n) is 12.3. The first-order chi connectivity index (χ1) is 9.60. The van der Waals surface area contributed by atoms with Gasteiger partial charge in [0.05, 0.1) is 16.1 Å². The molecule has 1 aromatic rings. The van der Waals surface area contributed by atoms with Crippen LogP contribution in [0, 0.1) is 13.8 Å². The number of carboxylic acids is 1. The van der Waals surface area contributed by atoms with Crippen molar-refractivity contribution in [3.05, 3.63) is 28.8 Å². The fourth-order valence-corrected chi connectivity index (χ4v) is 4.28. The topological polar surface area (TPSA) is 94.9 Å². The van der Waals surface area contributed by atoms with Crippen molar-refractivity contribution in [3.63, 3.8) is 0 Å². The molecule has 1 heterocycles. The molecule has 0 atom stereocenters. The largest absolute Gasteiger partial charge is 0.478 e. The lowest BCUT2D eigenvalue weighted by molar-refractivity contribution is -0.0613. The van der Waals surface area contributed by atoms with E-state index in [1.807, 2.05) is 0 Å². The van der Waals surface area contributed by atoms with Crippen molar-refractivity contribution in [2.24, 2.45) is 0 Å². The molecular weight excluding hydrogens is 294 g/mol. The fraction of sp³-hybridized carbons (Fsp3) is 0.500. The van der Waals surface area contributed by atoms with Crippen LogP contribution in [0.3, 0.4) is 0 Å². The van der Waals surface area contributed by atoms with Crippen molar-refractivity contribution in [1.82, 2.24) is 4.31 Å². The molecule has 0 aromatic heterocycles. The van der Waals surface area contributed by atoms with Crippen molar-refractivity contribution < 1.29 is 23.4 Å². The molecule has 1 fully saturated rings. The summed E-state index contributed by atoms with van der Waals surface area (Å²) in [7, 11) is -3.78. The molecule has 1 aliphatic rings. The van der Waals surface area contributed by atoms with Gasteiger partial charge in [0.25, 0.3) is 0 Å². The van der Waals surface area contributed by atoms with Gasteiger partial charge in [0.15, 0.2) is 0 Å². The predicted molar refractivity (Wildman–Crippen MR) is 76.9 cm³/mol. The van der Waals surface area contributed by atoms with Gasteiger partial charge in [0.1, 0.15) is 0 Å². The number of rotatable bonds is 4. The first kappa shape index (κ1) is 15.9. The molecule has 1 aromatic carbocycles. The molecule has 0 spiro atoms. The van der Waals surface area contributed by atoms with E-state index < -0.39 is 21.6 Å². The maximum absolute atomic E-state index is 12.6. The van der Waals surface area contributed by atoms with Crippen molar-refractivity contribution >= 4 is 16.0 Å². The third-order valence-corrected chi connectivity index (χ3v) is 6.00. The lowest BCUT2D eigenvalue weighted by atomic mass is 9.94. The highest BCUT2D eigenvalue weighted by atomic mass is 32.2. The summed E-state index contributed by atoms with van der Waals surface area (Å²) in [6, 6.07) is 2.64. The average Bonchev–Trinajstić information content (AvgIpc) is 2.37. The Balaban J connectivity index is 2.44. The number of aliphatic hydroxyl groups is 1. The van der Waals surface area contributed by atoms with Gasteiger partial charge in [-0.15, -0.1) is 0 Å². The van der Waals surface area contributed by atoms with E-state index in [9.17, 15) is 18.3 Å². The molecule has 0 saturated carbocycles. The maximum Gasteiger partial charge on any atom is 0.335 e.